The SMILES string of the molecule is CC(O)CN1CCCC[C@H](N[C]=O)C1=O. The minimum atomic E-state index is -0.534. The Labute approximate surface area is 89.4 Å². The van der Waals surface area contributed by atoms with Gasteiger partial charge in [0.05, 0.1) is 6.10 Å². The normalized spacial score (nSPS) is 24.5. The number of nitrogens with zero attached hydrogens (tertiary/aromatic N) is 1. The number of aliphatic hydroxyl groups excluding tert-OH is 1. The van der Waals surface area contributed by atoms with Gasteiger partial charge in [0.1, 0.15) is 6.04 Å². The fourth-order valence-corrected chi connectivity index (χ4v) is 1.81. The number of hydrogen-bond donors (Lipinski definition) is 2. The van der Waals surface area contributed by atoms with Gasteiger partial charge in [0.2, 0.25) is 5.91 Å². The topological polar surface area (TPSA) is 69.6 Å². The minimum absolute atomic E-state index is 0.114. The van der Waals surface area contributed by atoms with E-state index in [1.807, 2.05) is 0 Å². The van der Waals surface area contributed by atoms with Gasteiger partial charge >= 0.3 is 6.41 Å². The number of carbonyl (C=O) groups is 1. The first-order valence-electron chi connectivity index (χ1n) is 5.24. The van der Waals surface area contributed by atoms with Gasteiger partial charge < -0.3 is 15.3 Å². The number of likely N-dealkylation sites (tertiary alicyclic amines) is 1. The lowest BCUT2D eigenvalue weighted by Gasteiger charge is -2.24. The summed E-state index contributed by atoms with van der Waals surface area (Å²) in [5, 5.41) is 11.6. The molecule has 0 aromatic heterocycles. The van der Waals surface area contributed by atoms with E-state index < -0.39 is 12.1 Å². The molecule has 0 spiro atoms. The summed E-state index contributed by atoms with van der Waals surface area (Å²) < 4.78 is 0. The maximum Gasteiger partial charge on any atom is 0.309 e. The third-order valence-electron chi connectivity index (χ3n) is 2.50. The molecular formula is C10H17N2O3. The van der Waals surface area contributed by atoms with Gasteiger partial charge in [-0.3, -0.25) is 9.59 Å². The Morgan fingerprint density at radius 1 is 1.67 bits per heavy atom. The molecule has 2 atom stereocenters. The van der Waals surface area contributed by atoms with Crippen molar-refractivity contribution in [3.63, 3.8) is 0 Å². The third-order valence-corrected chi connectivity index (χ3v) is 2.50. The molecule has 1 heterocycles. The summed E-state index contributed by atoms with van der Waals surface area (Å²) in [5.41, 5.74) is 0. The van der Waals surface area contributed by atoms with Gasteiger partial charge in [-0.15, -0.1) is 0 Å². The zero-order valence-electron chi connectivity index (χ0n) is 8.90. The van der Waals surface area contributed by atoms with Crippen molar-refractivity contribution in [3.8, 4) is 0 Å². The van der Waals surface area contributed by atoms with Crippen LogP contribution in [0.4, 0.5) is 0 Å². The zero-order chi connectivity index (χ0) is 11.3. The van der Waals surface area contributed by atoms with Crippen LogP contribution in [0.5, 0.6) is 0 Å². The standard InChI is InChI=1S/C10H17N2O3/c1-8(14)6-12-5-3-2-4-9(10(12)15)11-7-13/h8-9,14H,2-6H2,1H3,(H,11,13)/t8?,9-/m0/s1. The second-order valence-electron chi connectivity index (χ2n) is 3.93. The molecule has 0 saturated carbocycles. The van der Waals surface area contributed by atoms with Crippen LogP contribution in [0, 0.1) is 0 Å². The summed E-state index contributed by atoms with van der Waals surface area (Å²) >= 11 is 0. The molecule has 1 unspecified atom stereocenters. The molecule has 0 bridgehead atoms. The van der Waals surface area contributed by atoms with E-state index in [9.17, 15) is 14.7 Å². The lowest BCUT2D eigenvalue weighted by molar-refractivity contribution is -0.133. The van der Waals surface area contributed by atoms with Crippen LogP contribution in [0.15, 0.2) is 0 Å². The molecule has 85 valence electrons. The number of amides is 2. The fraction of sp³-hybridized carbons (Fsp3) is 0.800. The molecule has 15 heavy (non-hydrogen) atoms. The molecule has 1 fully saturated rings. The molecule has 5 heteroatoms. The van der Waals surface area contributed by atoms with Crippen LogP contribution in [0.2, 0.25) is 0 Å². The van der Waals surface area contributed by atoms with Gasteiger partial charge in [-0.1, -0.05) is 0 Å². The Hall–Kier alpha value is -1.10. The van der Waals surface area contributed by atoms with E-state index in [1.165, 1.54) is 0 Å². The van der Waals surface area contributed by atoms with E-state index in [0.29, 0.717) is 19.5 Å². The van der Waals surface area contributed by atoms with Gasteiger partial charge in [-0.05, 0) is 26.2 Å². The summed E-state index contributed by atoms with van der Waals surface area (Å²) in [5.74, 6) is -0.114. The Morgan fingerprint density at radius 3 is 3.00 bits per heavy atom. The van der Waals surface area contributed by atoms with Crippen molar-refractivity contribution in [1.82, 2.24) is 10.2 Å². The van der Waals surface area contributed by atoms with Crippen molar-refractivity contribution in [2.75, 3.05) is 13.1 Å². The summed E-state index contributed by atoms with van der Waals surface area (Å²) in [6.45, 7) is 2.63. The van der Waals surface area contributed by atoms with Crippen molar-refractivity contribution in [1.29, 1.82) is 0 Å². The van der Waals surface area contributed by atoms with E-state index in [-0.39, 0.29) is 5.91 Å². The highest BCUT2D eigenvalue weighted by molar-refractivity contribution is 5.84. The lowest BCUT2D eigenvalue weighted by atomic mass is 10.1. The zero-order valence-corrected chi connectivity index (χ0v) is 8.90. The predicted octanol–water partition coefficient (Wildman–Crippen LogP) is -0.595. The van der Waals surface area contributed by atoms with Crippen LogP contribution in [0.3, 0.4) is 0 Å². The summed E-state index contributed by atoms with van der Waals surface area (Å²) in [7, 11) is 0. The average Bonchev–Trinajstić information content (AvgIpc) is 2.33. The third kappa shape index (κ3) is 3.51. The molecule has 1 saturated heterocycles. The Morgan fingerprint density at radius 2 is 2.40 bits per heavy atom. The number of carbonyl (C=O) groups excluding carboxylic acids is 2. The lowest BCUT2D eigenvalue weighted by Crippen LogP contribution is -2.46. The van der Waals surface area contributed by atoms with Crippen molar-refractivity contribution in [2.24, 2.45) is 0 Å². The van der Waals surface area contributed by atoms with Crippen molar-refractivity contribution in [2.45, 2.75) is 38.3 Å². The number of β-amino-alcohol motifs (C(OH)–C–C–N with tert-alkyl or cyclic N) is 1. The van der Waals surface area contributed by atoms with Gasteiger partial charge in [0.15, 0.2) is 0 Å². The number of hydrogen-bond acceptors (Lipinski definition) is 3. The van der Waals surface area contributed by atoms with Gasteiger partial charge in [0.25, 0.3) is 0 Å². The molecule has 2 N–H and O–H groups in total. The van der Waals surface area contributed by atoms with Crippen molar-refractivity contribution < 1.29 is 14.7 Å². The highest BCUT2D eigenvalue weighted by Gasteiger charge is 2.26. The first kappa shape index (κ1) is 12.0. The number of rotatable bonds is 4. The smallest absolute Gasteiger partial charge is 0.309 e. The van der Waals surface area contributed by atoms with Crippen molar-refractivity contribution in [3.05, 3.63) is 0 Å². The predicted molar refractivity (Wildman–Crippen MR) is 54.7 cm³/mol. The van der Waals surface area contributed by atoms with E-state index in [4.69, 9.17) is 0 Å². The largest absolute Gasteiger partial charge is 0.392 e. The fourth-order valence-electron chi connectivity index (χ4n) is 1.81. The van der Waals surface area contributed by atoms with Gasteiger partial charge in [0, 0.05) is 13.1 Å². The van der Waals surface area contributed by atoms with Crippen LogP contribution in [0.25, 0.3) is 0 Å². The molecule has 1 rings (SSSR count). The molecule has 0 aromatic carbocycles. The van der Waals surface area contributed by atoms with Gasteiger partial charge in [-0.2, -0.15) is 0 Å². The summed E-state index contributed by atoms with van der Waals surface area (Å²) in [4.78, 5) is 23.7. The van der Waals surface area contributed by atoms with Crippen molar-refractivity contribution >= 4 is 12.3 Å². The molecule has 2 amide bonds. The molecule has 0 aliphatic carbocycles. The highest BCUT2D eigenvalue weighted by Crippen LogP contribution is 2.12. The summed E-state index contributed by atoms with van der Waals surface area (Å²) in [6, 6.07) is -0.469. The average molecular weight is 213 g/mol. The van der Waals surface area contributed by atoms with Crippen LogP contribution in [-0.2, 0) is 9.59 Å². The van der Waals surface area contributed by atoms with E-state index in [1.54, 1.807) is 18.2 Å². The van der Waals surface area contributed by atoms with Crippen LogP contribution >= 0.6 is 0 Å². The second-order valence-corrected chi connectivity index (χ2v) is 3.93. The monoisotopic (exact) mass is 213 g/mol. The Bertz CT molecular complexity index is 231. The highest BCUT2D eigenvalue weighted by atomic mass is 16.3. The second kappa shape index (κ2) is 5.70. The quantitative estimate of drug-likeness (QED) is 0.613. The molecule has 5 nitrogen and oxygen atoms in total. The summed E-state index contributed by atoms with van der Waals surface area (Å²) in [6.07, 6.45) is 3.50. The molecular weight excluding hydrogens is 196 g/mol. The number of nitrogens with one attached hydrogen (secondary N) is 1. The van der Waals surface area contributed by atoms with E-state index >= 15 is 0 Å². The Balaban J connectivity index is 2.61. The van der Waals surface area contributed by atoms with E-state index in [2.05, 4.69) is 5.32 Å². The first-order valence-corrected chi connectivity index (χ1v) is 5.24. The molecule has 1 aliphatic heterocycles. The Kier molecular flexibility index (Phi) is 4.55. The molecule has 1 radical (unpaired) electrons. The molecule has 1 aliphatic rings. The van der Waals surface area contributed by atoms with E-state index in [0.717, 1.165) is 12.8 Å². The maximum absolute atomic E-state index is 11.8. The van der Waals surface area contributed by atoms with Crippen LogP contribution in [0.1, 0.15) is 26.2 Å². The first-order chi connectivity index (χ1) is 7.15. The van der Waals surface area contributed by atoms with Crippen LogP contribution in [-0.4, -0.2) is 47.6 Å². The maximum atomic E-state index is 11.8. The van der Waals surface area contributed by atoms with Crippen LogP contribution < -0.4 is 5.32 Å². The minimum Gasteiger partial charge on any atom is -0.392 e. The van der Waals surface area contributed by atoms with Gasteiger partial charge in [-0.25, -0.2) is 0 Å². The molecule has 0 aromatic rings. The number of aliphatic hydroxyl groups is 1.